The van der Waals surface area contributed by atoms with Crippen LogP contribution in [0.4, 0.5) is 4.79 Å². The molecule has 0 saturated heterocycles. The van der Waals surface area contributed by atoms with Crippen molar-refractivity contribution in [2.45, 2.75) is 32.9 Å². The lowest BCUT2D eigenvalue weighted by atomic mass is 9.99. The average molecular weight is 361 g/mol. The number of hydrogen-bond acceptors (Lipinski definition) is 4. The number of ether oxygens (including phenoxy) is 1. The zero-order valence-electron chi connectivity index (χ0n) is 14.6. The molecule has 1 N–H and O–H groups in total. The van der Waals surface area contributed by atoms with Crippen molar-refractivity contribution in [3.63, 3.8) is 0 Å². The molecular formula is C18H23N3O3S. The summed E-state index contributed by atoms with van der Waals surface area (Å²) in [5.41, 5.74) is 0.888. The summed E-state index contributed by atoms with van der Waals surface area (Å²) in [6.45, 7) is 4.03. The van der Waals surface area contributed by atoms with Gasteiger partial charge >= 0.3 is 6.09 Å². The maximum absolute atomic E-state index is 12.5. The van der Waals surface area contributed by atoms with Crippen LogP contribution in [0.5, 0.6) is 0 Å². The van der Waals surface area contributed by atoms with E-state index in [1.807, 2.05) is 62.8 Å². The van der Waals surface area contributed by atoms with Gasteiger partial charge in [-0.2, -0.15) is 4.99 Å². The van der Waals surface area contributed by atoms with Crippen LogP contribution in [0.25, 0.3) is 0 Å². The molecule has 2 rings (SSSR count). The van der Waals surface area contributed by atoms with E-state index in [0.717, 1.165) is 12.0 Å². The molecule has 7 heteroatoms. The van der Waals surface area contributed by atoms with E-state index in [9.17, 15) is 9.59 Å². The zero-order chi connectivity index (χ0) is 18.2. The number of carbonyl (C=O) groups is 2. The van der Waals surface area contributed by atoms with E-state index in [0.29, 0.717) is 4.80 Å². The van der Waals surface area contributed by atoms with Crippen LogP contribution >= 0.6 is 11.3 Å². The Hall–Kier alpha value is -2.41. The van der Waals surface area contributed by atoms with E-state index >= 15 is 0 Å². The van der Waals surface area contributed by atoms with Gasteiger partial charge in [-0.3, -0.25) is 4.79 Å². The zero-order valence-corrected chi connectivity index (χ0v) is 15.5. The van der Waals surface area contributed by atoms with Gasteiger partial charge in [0.05, 0.1) is 0 Å². The van der Waals surface area contributed by atoms with E-state index in [-0.39, 0.29) is 18.4 Å². The first-order valence-corrected chi connectivity index (χ1v) is 9.05. The number of thiazole rings is 1. The summed E-state index contributed by atoms with van der Waals surface area (Å²) in [6.07, 6.45) is 1.95. The molecule has 6 nitrogen and oxygen atoms in total. The maximum atomic E-state index is 12.5. The summed E-state index contributed by atoms with van der Waals surface area (Å²) in [6, 6.07) is 8.68. The van der Waals surface area contributed by atoms with E-state index in [1.165, 1.54) is 11.3 Å². The van der Waals surface area contributed by atoms with Crippen molar-refractivity contribution >= 4 is 23.3 Å². The number of amides is 2. The molecule has 2 atom stereocenters. The van der Waals surface area contributed by atoms with Gasteiger partial charge in [-0.25, -0.2) is 4.79 Å². The predicted molar refractivity (Wildman–Crippen MR) is 96.9 cm³/mol. The predicted octanol–water partition coefficient (Wildman–Crippen LogP) is 2.86. The van der Waals surface area contributed by atoms with Crippen LogP contribution < -0.4 is 10.1 Å². The normalized spacial score (nSPS) is 14.0. The van der Waals surface area contributed by atoms with Gasteiger partial charge in [0, 0.05) is 18.6 Å². The minimum Gasteiger partial charge on any atom is -0.445 e. The molecule has 134 valence electrons. The fourth-order valence-electron chi connectivity index (χ4n) is 2.17. The second-order valence-corrected chi connectivity index (χ2v) is 6.69. The molecule has 0 saturated carbocycles. The monoisotopic (exact) mass is 361 g/mol. The highest BCUT2D eigenvalue weighted by Crippen LogP contribution is 2.10. The van der Waals surface area contributed by atoms with Gasteiger partial charge in [0.25, 0.3) is 5.91 Å². The number of aryl methyl sites for hydroxylation is 1. The van der Waals surface area contributed by atoms with Crippen molar-refractivity contribution < 1.29 is 14.3 Å². The lowest BCUT2D eigenvalue weighted by Crippen LogP contribution is -2.45. The maximum Gasteiger partial charge on any atom is 0.408 e. The number of alkyl carbamates (subject to hydrolysis) is 1. The van der Waals surface area contributed by atoms with Crippen molar-refractivity contribution in [3.05, 3.63) is 52.3 Å². The van der Waals surface area contributed by atoms with E-state index in [2.05, 4.69) is 10.3 Å². The van der Waals surface area contributed by atoms with Crippen molar-refractivity contribution in [2.75, 3.05) is 0 Å². The Morgan fingerprint density at radius 1 is 1.32 bits per heavy atom. The third-order valence-electron chi connectivity index (χ3n) is 3.93. The lowest BCUT2D eigenvalue weighted by molar-refractivity contribution is -0.121. The first kappa shape index (κ1) is 18.9. The highest BCUT2D eigenvalue weighted by atomic mass is 32.1. The van der Waals surface area contributed by atoms with Crippen LogP contribution in [0.3, 0.4) is 0 Å². The first-order chi connectivity index (χ1) is 12.0. The second kappa shape index (κ2) is 9.17. The number of carbonyl (C=O) groups excluding carboxylic acids is 2. The molecule has 0 aliphatic heterocycles. The topological polar surface area (TPSA) is 72.7 Å². The summed E-state index contributed by atoms with van der Waals surface area (Å²) in [5, 5.41) is 4.51. The molecule has 2 aromatic rings. The van der Waals surface area contributed by atoms with Gasteiger partial charge in [0.15, 0.2) is 4.80 Å². The Balaban J connectivity index is 2.03. The number of nitrogens with one attached hydrogen (secondary N) is 1. The smallest absolute Gasteiger partial charge is 0.408 e. The molecule has 0 aliphatic rings. The number of benzene rings is 1. The van der Waals surface area contributed by atoms with Crippen LogP contribution in [0.1, 0.15) is 25.8 Å². The largest absolute Gasteiger partial charge is 0.445 e. The highest BCUT2D eigenvalue weighted by molar-refractivity contribution is 7.07. The number of hydrogen-bond donors (Lipinski definition) is 1. The van der Waals surface area contributed by atoms with Gasteiger partial charge in [-0.05, 0) is 11.5 Å². The van der Waals surface area contributed by atoms with Crippen LogP contribution in [0, 0.1) is 5.92 Å². The van der Waals surface area contributed by atoms with Crippen molar-refractivity contribution in [1.82, 2.24) is 9.88 Å². The number of nitrogens with zero attached hydrogens (tertiary/aromatic N) is 2. The molecular weight excluding hydrogens is 338 g/mol. The average Bonchev–Trinajstić information content (AvgIpc) is 3.02. The number of aromatic nitrogens is 1. The summed E-state index contributed by atoms with van der Waals surface area (Å²) in [7, 11) is 1.82. The molecule has 0 fully saturated rings. The Morgan fingerprint density at radius 2 is 2.04 bits per heavy atom. The van der Waals surface area contributed by atoms with Crippen molar-refractivity contribution in [2.24, 2.45) is 18.0 Å². The van der Waals surface area contributed by atoms with Crippen molar-refractivity contribution in [3.8, 4) is 0 Å². The molecule has 1 aromatic heterocycles. The van der Waals surface area contributed by atoms with E-state index in [4.69, 9.17) is 4.74 Å². The SMILES string of the molecule is CC[C@H](C)[C@H](NC(=O)OCc1ccccc1)C(=O)N=c1sccn1C. The molecule has 0 spiro atoms. The summed E-state index contributed by atoms with van der Waals surface area (Å²) < 4.78 is 6.98. The summed E-state index contributed by atoms with van der Waals surface area (Å²) in [4.78, 5) is 29.3. The first-order valence-electron chi connectivity index (χ1n) is 8.17. The molecule has 0 unspecified atom stereocenters. The van der Waals surface area contributed by atoms with Gasteiger partial charge in [-0.1, -0.05) is 50.6 Å². The Labute approximate surface area is 151 Å². The minimum atomic E-state index is -0.713. The molecule has 2 amide bonds. The van der Waals surface area contributed by atoms with Gasteiger partial charge < -0.3 is 14.6 Å². The highest BCUT2D eigenvalue weighted by Gasteiger charge is 2.26. The summed E-state index contributed by atoms with van der Waals surface area (Å²) in [5.74, 6) is -0.421. The van der Waals surface area contributed by atoms with Crippen LogP contribution in [0.15, 0.2) is 46.9 Å². The third-order valence-corrected chi connectivity index (χ3v) is 4.78. The molecule has 0 bridgehead atoms. The molecule has 1 heterocycles. The molecule has 1 aromatic carbocycles. The summed E-state index contributed by atoms with van der Waals surface area (Å²) >= 11 is 1.37. The molecule has 0 aliphatic carbocycles. The van der Waals surface area contributed by atoms with Gasteiger partial charge in [0.1, 0.15) is 12.6 Å². The van der Waals surface area contributed by atoms with Crippen LogP contribution in [-0.2, 0) is 23.2 Å². The Kier molecular flexibility index (Phi) is 6.94. The van der Waals surface area contributed by atoms with Gasteiger partial charge in [0.2, 0.25) is 0 Å². The Morgan fingerprint density at radius 3 is 2.64 bits per heavy atom. The van der Waals surface area contributed by atoms with Crippen LogP contribution in [0.2, 0.25) is 0 Å². The van der Waals surface area contributed by atoms with E-state index < -0.39 is 12.1 Å². The number of rotatable bonds is 6. The third kappa shape index (κ3) is 5.56. The Bertz CT molecular complexity index is 767. The van der Waals surface area contributed by atoms with Gasteiger partial charge in [-0.15, -0.1) is 11.3 Å². The fraction of sp³-hybridized carbons (Fsp3) is 0.389. The minimum absolute atomic E-state index is 0.0502. The molecule has 0 radical (unpaired) electrons. The lowest BCUT2D eigenvalue weighted by Gasteiger charge is -2.20. The standard InChI is InChI=1S/C18H23N3O3S/c1-4-13(2)15(16(22)20-17-21(3)10-11-25-17)19-18(23)24-12-14-8-6-5-7-9-14/h5-11,13,15H,4,12H2,1-3H3,(H,19,23)/t13-,15-/m0/s1. The fourth-order valence-corrected chi connectivity index (χ4v) is 2.91. The second-order valence-electron chi connectivity index (χ2n) is 5.82. The quantitative estimate of drug-likeness (QED) is 0.860. The molecule has 25 heavy (non-hydrogen) atoms. The van der Waals surface area contributed by atoms with Crippen molar-refractivity contribution in [1.29, 1.82) is 0 Å². The van der Waals surface area contributed by atoms with Crippen LogP contribution in [-0.4, -0.2) is 22.6 Å². The van der Waals surface area contributed by atoms with E-state index in [1.54, 1.807) is 4.57 Å².